The Bertz CT molecular complexity index is 478. The van der Waals surface area contributed by atoms with Crippen LogP contribution in [0.3, 0.4) is 0 Å². The highest BCUT2D eigenvalue weighted by molar-refractivity contribution is 5.91. The van der Waals surface area contributed by atoms with Gasteiger partial charge in [-0.2, -0.15) is 0 Å². The highest BCUT2D eigenvalue weighted by atomic mass is 16.5. The Labute approximate surface area is 146 Å². The molecule has 0 radical (unpaired) electrons. The molecule has 4 heteroatoms. The number of carbonyl (C=O) groups excluding carboxylic acids is 1. The lowest BCUT2D eigenvalue weighted by atomic mass is 9.98. The van der Waals surface area contributed by atoms with Gasteiger partial charge in [-0.1, -0.05) is 69.9 Å². The number of urea groups is 1. The maximum atomic E-state index is 12.3. The topological polar surface area (TPSA) is 50.4 Å². The third kappa shape index (κ3) is 6.81. The minimum Gasteiger partial charge on any atom is -0.495 e. The summed E-state index contributed by atoms with van der Waals surface area (Å²) in [5, 5.41) is 6.09. The van der Waals surface area contributed by atoms with Crippen molar-refractivity contribution in [3.8, 4) is 5.75 Å². The van der Waals surface area contributed by atoms with Crippen LogP contribution in [-0.4, -0.2) is 19.2 Å². The average Bonchev–Trinajstić information content (AvgIpc) is 2.58. The van der Waals surface area contributed by atoms with E-state index >= 15 is 0 Å². The predicted octanol–water partition coefficient (Wildman–Crippen LogP) is 5.49. The number of hydrogen-bond acceptors (Lipinski definition) is 2. The molecule has 1 aromatic carbocycles. The van der Waals surface area contributed by atoms with Gasteiger partial charge in [-0.05, 0) is 25.0 Å². The van der Waals surface area contributed by atoms with Crippen LogP contribution in [0.1, 0.15) is 70.6 Å². The number of ether oxygens (including phenoxy) is 1. The molecule has 0 aromatic heterocycles. The highest BCUT2D eigenvalue weighted by Gasteiger charge is 2.14. The van der Waals surface area contributed by atoms with E-state index in [1.54, 1.807) is 7.11 Å². The predicted molar refractivity (Wildman–Crippen MR) is 99.7 cm³/mol. The van der Waals surface area contributed by atoms with Gasteiger partial charge in [0, 0.05) is 6.04 Å². The molecular formula is C20H32N2O2. The number of amides is 2. The fourth-order valence-electron chi connectivity index (χ4n) is 3.40. The number of para-hydroxylation sites is 2. The quantitative estimate of drug-likeness (QED) is 0.769. The van der Waals surface area contributed by atoms with Crippen LogP contribution in [0, 0.1) is 0 Å². The molecule has 0 atom stereocenters. The number of carbonyl (C=O) groups is 1. The molecule has 2 N–H and O–H groups in total. The summed E-state index contributed by atoms with van der Waals surface area (Å²) in [4.78, 5) is 12.3. The average molecular weight is 332 g/mol. The molecule has 1 saturated carbocycles. The largest absolute Gasteiger partial charge is 0.495 e. The van der Waals surface area contributed by atoms with Crippen LogP contribution in [0.4, 0.5) is 10.5 Å². The van der Waals surface area contributed by atoms with Gasteiger partial charge >= 0.3 is 6.03 Å². The molecule has 0 aliphatic heterocycles. The molecule has 0 unspecified atom stereocenters. The van der Waals surface area contributed by atoms with E-state index in [1.165, 1.54) is 57.8 Å². The lowest BCUT2D eigenvalue weighted by Crippen LogP contribution is -2.38. The first-order chi connectivity index (χ1) is 11.8. The van der Waals surface area contributed by atoms with Gasteiger partial charge in [0.1, 0.15) is 5.75 Å². The van der Waals surface area contributed by atoms with Crippen LogP contribution in [0.25, 0.3) is 0 Å². The SMILES string of the molecule is COc1ccccc1NC(=O)NC1CCCCCCCCCCC1. The maximum absolute atomic E-state index is 12.3. The molecule has 2 rings (SSSR count). The van der Waals surface area contributed by atoms with E-state index in [0.29, 0.717) is 11.4 Å². The van der Waals surface area contributed by atoms with Gasteiger partial charge in [-0.3, -0.25) is 0 Å². The van der Waals surface area contributed by atoms with E-state index in [9.17, 15) is 4.79 Å². The van der Waals surface area contributed by atoms with Crippen LogP contribution in [0.15, 0.2) is 24.3 Å². The summed E-state index contributed by atoms with van der Waals surface area (Å²) in [6.45, 7) is 0. The van der Waals surface area contributed by atoms with Crippen molar-refractivity contribution in [2.45, 2.75) is 76.7 Å². The van der Waals surface area contributed by atoms with E-state index in [4.69, 9.17) is 4.74 Å². The summed E-state index contributed by atoms with van der Waals surface area (Å²) in [7, 11) is 1.62. The van der Waals surface area contributed by atoms with E-state index < -0.39 is 0 Å². The molecule has 134 valence electrons. The second kappa shape index (κ2) is 11.0. The van der Waals surface area contributed by atoms with Gasteiger partial charge in [0.25, 0.3) is 0 Å². The van der Waals surface area contributed by atoms with Crippen molar-refractivity contribution >= 4 is 11.7 Å². The fraction of sp³-hybridized carbons (Fsp3) is 0.650. The standard InChI is InChI=1S/C20H32N2O2/c1-24-19-16-12-11-15-18(19)22-20(23)21-17-13-9-7-5-3-2-4-6-8-10-14-17/h11-12,15-17H,2-10,13-14H2,1H3,(H2,21,22,23). The second-order valence-corrected chi connectivity index (χ2v) is 6.75. The maximum Gasteiger partial charge on any atom is 0.319 e. The van der Waals surface area contributed by atoms with E-state index in [0.717, 1.165) is 12.8 Å². The summed E-state index contributed by atoms with van der Waals surface area (Å²) in [6, 6.07) is 7.66. The number of methoxy groups -OCH3 is 1. The van der Waals surface area contributed by atoms with Crippen LogP contribution in [0.5, 0.6) is 5.75 Å². The van der Waals surface area contributed by atoms with Crippen molar-refractivity contribution in [3.05, 3.63) is 24.3 Å². The van der Waals surface area contributed by atoms with Crippen LogP contribution in [0.2, 0.25) is 0 Å². The minimum absolute atomic E-state index is 0.128. The number of hydrogen-bond donors (Lipinski definition) is 2. The molecule has 2 amide bonds. The molecule has 24 heavy (non-hydrogen) atoms. The first-order valence-corrected chi connectivity index (χ1v) is 9.50. The van der Waals surface area contributed by atoms with Crippen molar-refractivity contribution in [2.24, 2.45) is 0 Å². The first kappa shape index (κ1) is 18.6. The summed E-state index contributed by atoms with van der Waals surface area (Å²) in [5.41, 5.74) is 0.714. The van der Waals surface area contributed by atoms with Crippen molar-refractivity contribution in [2.75, 3.05) is 12.4 Å². The van der Waals surface area contributed by atoms with E-state index in [1.807, 2.05) is 24.3 Å². The van der Waals surface area contributed by atoms with Gasteiger partial charge in [0.2, 0.25) is 0 Å². The normalized spacial score (nSPS) is 18.0. The lowest BCUT2D eigenvalue weighted by Gasteiger charge is -2.20. The lowest BCUT2D eigenvalue weighted by molar-refractivity contribution is 0.246. The van der Waals surface area contributed by atoms with Gasteiger partial charge in [0.05, 0.1) is 12.8 Å². The molecule has 4 nitrogen and oxygen atoms in total. The molecule has 0 spiro atoms. The van der Waals surface area contributed by atoms with Crippen LogP contribution >= 0.6 is 0 Å². The van der Waals surface area contributed by atoms with Crippen LogP contribution in [-0.2, 0) is 0 Å². The van der Waals surface area contributed by atoms with Crippen LogP contribution < -0.4 is 15.4 Å². The highest BCUT2D eigenvalue weighted by Crippen LogP contribution is 2.23. The molecule has 0 bridgehead atoms. The molecule has 1 aliphatic rings. The fourth-order valence-corrected chi connectivity index (χ4v) is 3.40. The smallest absolute Gasteiger partial charge is 0.319 e. The Hall–Kier alpha value is -1.71. The number of anilines is 1. The number of nitrogens with one attached hydrogen (secondary N) is 2. The Morgan fingerprint density at radius 2 is 1.46 bits per heavy atom. The molecule has 1 aromatic rings. The summed E-state index contributed by atoms with van der Waals surface area (Å²) in [5.74, 6) is 0.686. The Morgan fingerprint density at radius 3 is 2.04 bits per heavy atom. The summed E-state index contributed by atoms with van der Waals surface area (Å²) >= 11 is 0. The van der Waals surface area contributed by atoms with Crippen molar-refractivity contribution in [3.63, 3.8) is 0 Å². The summed E-state index contributed by atoms with van der Waals surface area (Å²) < 4.78 is 5.29. The van der Waals surface area contributed by atoms with Gasteiger partial charge in [-0.15, -0.1) is 0 Å². The molecule has 1 fully saturated rings. The van der Waals surface area contributed by atoms with Gasteiger partial charge < -0.3 is 15.4 Å². The molecular weight excluding hydrogens is 300 g/mol. The number of rotatable bonds is 3. The third-order valence-corrected chi connectivity index (χ3v) is 4.80. The Kier molecular flexibility index (Phi) is 8.50. The zero-order valence-corrected chi connectivity index (χ0v) is 15.0. The zero-order chi connectivity index (χ0) is 17.0. The molecule has 0 saturated heterocycles. The monoisotopic (exact) mass is 332 g/mol. The van der Waals surface area contributed by atoms with Crippen molar-refractivity contribution in [1.82, 2.24) is 5.32 Å². The minimum atomic E-state index is -0.128. The Balaban J connectivity index is 1.84. The second-order valence-electron chi connectivity index (χ2n) is 6.75. The third-order valence-electron chi connectivity index (χ3n) is 4.80. The summed E-state index contributed by atoms with van der Waals surface area (Å²) in [6.07, 6.45) is 13.9. The van der Waals surface area contributed by atoms with Gasteiger partial charge in [0.15, 0.2) is 0 Å². The molecule has 0 heterocycles. The van der Waals surface area contributed by atoms with Gasteiger partial charge in [-0.25, -0.2) is 4.79 Å². The first-order valence-electron chi connectivity index (χ1n) is 9.50. The van der Waals surface area contributed by atoms with E-state index in [-0.39, 0.29) is 12.1 Å². The Morgan fingerprint density at radius 1 is 0.917 bits per heavy atom. The molecule has 1 aliphatic carbocycles. The van der Waals surface area contributed by atoms with Crippen molar-refractivity contribution < 1.29 is 9.53 Å². The van der Waals surface area contributed by atoms with Crippen molar-refractivity contribution in [1.29, 1.82) is 0 Å². The zero-order valence-electron chi connectivity index (χ0n) is 15.0. The number of benzene rings is 1. The van der Waals surface area contributed by atoms with E-state index in [2.05, 4.69) is 10.6 Å².